The molecule has 0 saturated carbocycles. The van der Waals surface area contributed by atoms with Crippen LogP contribution in [-0.2, 0) is 22.3 Å². The van der Waals surface area contributed by atoms with E-state index in [4.69, 9.17) is 0 Å². The molecule has 2 aliphatic heterocycles. The van der Waals surface area contributed by atoms with Crippen LogP contribution in [0.25, 0.3) is 0 Å². The minimum absolute atomic E-state index is 0.254. The fourth-order valence-electron chi connectivity index (χ4n) is 3.05. The molecule has 1 aromatic rings. The highest BCUT2D eigenvalue weighted by Gasteiger charge is 2.48. The van der Waals surface area contributed by atoms with E-state index < -0.39 is 11.0 Å². The van der Waals surface area contributed by atoms with Crippen LogP contribution in [0.15, 0.2) is 18.3 Å². The molecule has 0 amide bonds. The van der Waals surface area contributed by atoms with Crippen molar-refractivity contribution >= 4 is 11.0 Å². The quantitative estimate of drug-likeness (QED) is 0.705. The van der Waals surface area contributed by atoms with Gasteiger partial charge in [0, 0.05) is 19.8 Å². The van der Waals surface area contributed by atoms with E-state index in [1.165, 1.54) is 5.56 Å². The molecule has 1 atom stereocenters. The Morgan fingerprint density at radius 2 is 2.06 bits per heavy atom. The third-order valence-corrected chi connectivity index (χ3v) is 6.09. The van der Waals surface area contributed by atoms with Crippen LogP contribution in [0.3, 0.4) is 0 Å². The molecule has 18 heavy (non-hydrogen) atoms. The number of fused-ring (bicyclic) bond motifs is 2. The van der Waals surface area contributed by atoms with Crippen molar-refractivity contribution < 1.29 is 4.21 Å². The van der Waals surface area contributed by atoms with Gasteiger partial charge < -0.3 is 4.90 Å². The van der Waals surface area contributed by atoms with Gasteiger partial charge >= 0.3 is 0 Å². The maximum Gasteiger partial charge on any atom is 0.107 e. The molecule has 3 heterocycles. The lowest BCUT2D eigenvalue weighted by Crippen LogP contribution is -2.51. The average Bonchev–Trinajstić information content (AvgIpc) is 2.39. The van der Waals surface area contributed by atoms with Crippen LogP contribution in [0.2, 0.25) is 0 Å². The van der Waals surface area contributed by atoms with E-state index in [-0.39, 0.29) is 4.75 Å². The first-order valence-electron chi connectivity index (χ1n) is 6.39. The zero-order valence-corrected chi connectivity index (χ0v) is 11.7. The van der Waals surface area contributed by atoms with Gasteiger partial charge in [-0.05, 0) is 44.6 Å². The lowest BCUT2D eigenvalue weighted by atomic mass is 9.89. The molecule has 1 fully saturated rings. The van der Waals surface area contributed by atoms with Crippen LogP contribution in [0, 0.1) is 0 Å². The summed E-state index contributed by atoms with van der Waals surface area (Å²) < 4.78 is 14.5. The molecule has 2 aliphatic rings. The fraction of sp³-hybridized carbons (Fsp3) is 0.615. The molecule has 1 spiro atoms. The van der Waals surface area contributed by atoms with E-state index in [1.54, 1.807) is 0 Å². The molecule has 98 valence electrons. The number of piperidine rings is 1. The highest BCUT2D eigenvalue weighted by Crippen LogP contribution is 2.43. The van der Waals surface area contributed by atoms with Crippen LogP contribution < -0.4 is 0 Å². The number of rotatable bonds is 0. The standard InChI is InChI=1S/C13H19N3OS/c1-15-8-5-13(6-9-15)12-11(4-3-7-14-12)10-16(2)18(13)17/h3-4,7H,5-6,8-10H2,1-2H3. The predicted molar refractivity (Wildman–Crippen MR) is 72.3 cm³/mol. The van der Waals surface area contributed by atoms with Crippen molar-refractivity contribution in [1.82, 2.24) is 14.2 Å². The van der Waals surface area contributed by atoms with Crippen LogP contribution in [0.1, 0.15) is 24.1 Å². The molecule has 0 N–H and O–H groups in total. The number of hydrogen-bond donors (Lipinski definition) is 0. The van der Waals surface area contributed by atoms with Crippen LogP contribution in [-0.4, -0.2) is 45.6 Å². The van der Waals surface area contributed by atoms with E-state index in [0.717, 1.165) is 38.2 Å². The second-order valence-corrected chi connectivity index (χ2v) is 7.25. The van der Waals surface area contributed by atoms with Gasteiger partial charge in [0.1, 0.15) is 15.7 Å². The van der Waals surface area contributed by atoms with Crippen molar-refractivity contribution in [3.63, 3.8) is 0 Å². The van der Waals surface area contributed by atoms with Gasteiger partial charge in [0.2, 0.25) is 0 Å². The zero-order chi connectivity index (χ0) is 12.8. The summed E-state index contributed by atoms with van der Waals surface area (Å²) in [7, 11) is 3.11. The summed E-state index contributed by atoms with van der Waals surface area (Å²) in [6.45, 7) is 2.73. The summed E-state index contributed by atoms with van der Waals surface area (Å²) in [6, 6.07) is 4.10. The molecule has 0 bridgehead atoms. The molecule has 3 rings (SSSR count). The van der Waals surface area contributed by atoms with Gasteiger partial charge in [-0.15, -0.1) is 0 Å². The maximum atomic E-state index is 12.8. The second kappa shape index (κ2) is 4.40. The first-order valence-corrected chi connectivity index (χ1v) is 7.50. The van der Waals surface area contributed by atoms with Crippen molar-refractivity contribution in [1.29, 1.82) is 0 Å². The molecule has 4 nitrogen and oxygen atoms in total. The van der Waals surface area contributed by atoms with Gasteiger partial charge in [0.15, 0.2) is 0 Å². The first-order chi connectivity index (χ1) is 8.63. The zero-order valence-electron chi connectivity index (χ0n) is 10.9. The normalized spacial score (nSPS) is 28.2. The molecular formula is C13H19N3OS. The Morgan fingerprint density at radius 1 is 1.33 bits per heavy atom. The van der Waals surface area contributed by atoms with Gasteiger partial charge in [0.25, 0.3) is 0 Å². The lowest BCUT2D eigenvalue weighted by molar-refractivity contribution is 0.225. The van der Waals surface area contributed by atoms with Crippen molar-refractivity contribution in [2.75, 3.05) is 27.2 Å². The van der Waals surface area contributed by atoms with E-state index in [1.807, 2.05) is 23.6 Å². The fourth-order valence-corrected chi connectivity index (χ4v) is 4.78. The van der Waals surface area contributed by atoms with E-state index in [0.29, 0.717) is 0 Å². The van der Waals surface area contributed by atoms with Gasteiger partial charge in [-0.25, -0.2) is 8.51 Å². The molecule has 0 aromatic carbocycles. The number of hydrogen-bond acceptors (Lipinski definition) is 3. The van der Waals surface area contributed by atoms with E-state index in [9.17, 15) is 4.21 Å². The van der Waals surface area contributed by atoms with Crippen LogP contribution in [0.4, 0.5) is 0 Å². The Kier molecular flexibility index (Phi) is 3.00. The summed E-state index contributed by atoms with van der Waals surface area (Å²) in [6.07, 6.45) is 3.70. The molecule has 1 saturated heterocycles. The molecule has 0 radical (unpaired) electrons. The highest BCUT2D eigenvalue weighted by molar-refractivity contribution is 7.83. The van der Waals surface area contributed by atoms with E-state index >= 15 is 0 Å². The molecule has 0 aliphatic carbocycles. The monoisotopic (exact) mass is 265 g/mol. The summed E-state index contributed by atoms with van der Waals surface area (Å²) >= 11 is 0. The lowest BCUT2D eigenvalue weighted by Gasteiger charge is -2.44. The molecule has 1 aromatic heterocycles. The largest absolute Gasteiger partial charge is 0.306 e. The van der Waals surface area contributed by atoms with Gasteiger partial charge in [-0.2, -0.15) is 0 Å². The molecular weight excluding hydrogens is 246 g/mol. The van der Waals surface area contributed by atoms with Crippen molar-refractivity contribution in [3.05, 3.63) is 29.6 Å². The Bertz CT molecular complexity index is 483. The number of pyridine rings is 1. The topological polar surface area (TPSA) is 36.4 Å². The van der Waals surface area contributed by atoms with Crippen molar-refractivity contribution in [3.8, 4) is 0 Å². The van der Waals surface area contributed by atoms with E-state index in [2.05, 4.69) is 23.0 Å². The number of likely N-dealkylation sites (tertiary alicyclic amines) is 1. The summed E-state index contributed by atoms with van der Waals surface area (Å²) in [5.74, 6) is 0. The molecule has 5 heteroatoms. The van der Waals surface area contributed by atoms with Crippen molar-refractivity contribution in [2.24, 2.45) is 0 Å². The minimum Gasteiger partial charge on any atom is -0.306 e. The number of nitrogens with zero attached hydrogens (tertiary/aromatic N) is 3. The highest BCUT2D eigenvalue weighted by atomic mass is 32.2. The van der Waals surface area contributed by atoms with Gasteiger partial charge in [0.05, 0.1) is 5.69 Å². The van der Waals surface area contributed by atoms with Gasteiger partial charge in [-0.1, -0.05) is 6.07 Å². The van der Waals surface area contributed by atoms with Crippen LogP contribution in [0.5, 0.6) is 0 Å². The summed E-state index contributed by atoms with van der Waals surface area (Å²) in [5.41, 5.74) is 2.32. The van der Waals surface area contributed by atoms with Gasteiger partial charge in [-0.3, -0.25) is 4.98 Å². The maximum absolute atomic E-state index is 12.8. The van der Waals surface area contributed by atoms with Crippen molar-refractivity contribution in [2.45, 2.75) is 24.1 Å². The third-order valence-electron chi connectivity index (χ3n) is 4.13. The smallest absolute Gasteiger partial charge is 0.107 e. The minimum atomic E-state index is -0.962. The summed E-state index contributed by atoms with van der Waals surface area (Å²) in [4.78, 5) is 6.87. The second-order valence-electron chi connectivity index (χ2n) is 5.34. The Balaban J connectivity index is 2.09. The predicted octanol–water partition coefficient (Wildman–Crippen LogP) is 1.11. The summed E-state index contributed by atoms with van der Waals surface area (Å²) in [5, 5.41) is 0. The van der Waals surface area contributed by atoms with Crippen LogP contribution >= 0.6 is 0 Å². The SMILES string of the molecule is CN1CCC2(CC1)c1ncccc1CN(C)S2=O. The third kappa shape index (κ3) is 1.73. The first kappa shape index (κ1) is 12.3. The Hall–Kier alpha value is -0.780. The Morgan fingerprint density at radius 3 is 2.78 bits per heavy atom. The Labute approximate surface area is 111 Å². The average molecular weight is 265 g/mol. The molecule has 1 unspecified atom stereocenters. The number of aromatic nitrogens is 1.